The summed E-state index contributed by atoms with van der Waals surface area (Å²) in [5.74, 6) is 5.12. The van der Waals surface area contributed by atoms with Gasteiger partial charge in [0.05, 0.1) is 28.8 Å². The molecule has 3 N–H and O–H groups in total. The lowest BCUT2D eigenvalue weighted by molar-refractivity contribution is 0.0691. The Kier molecular flexibility index (Phi) is 7.02. The second-order valence-electron chi connectivity index (χ2n) is 8.49. The molecule has 182 valence electrons. The molecule has 9 nitrogen and oxygen atoms in total. The van der Waals surface area contributed by atoms with E-state index in [9.17, 15) is 9.18 Å². The van der Waals surface area contributed by atoms with Crippen LogP contribution in [0.3, 0.4) is 0 Å². The van der Waals surface area contributed by atoms with Crippen molar-refractivity contribution >= 4 is 30.0 Å². The van der Waals surface area contributed by atoms with Crippen LogP contribution < -0.4 is 15.8 Å². The van der Waals surface area contributed by atoms with E-state index < -0.39 is 11.8 Å². The number of rotatable bonds is 7. The fraction of sp³-hybridized carbons (Fsp3) is 0.320. The van der Waals surface area contributed by atoms with Gasteiger partial charge in [0.2, 0.25) is 5.95 Å². The van der Waals surface area contributed by atoms with Gasteiger partial charge in [0.15, 0.2) is 0 Å². The second kappa shape index (κ2) is 10.1. The predicted molar refractivity (Wildman–Crippen MR) is 134 cm³/mol. The molecule has 0 radical (unpaired) electrons. The second-order valence-corrected chi connectivity index (χ2v) is 8.49. The third kappa shape index (κ3) is 4.83. The van der Waals surface area contributed by atoms with Crippen molar-refractivity contribution in [2.75, 3.05) is 23.0 Å². The lowest BCUT2D eigenvalue weighted by Gasteiger charge is -2.37. The molecule has 3 aromatic rings. The minimum Gasteiger partial charge on any atom is -0.478 e. The Morgan fingerprint density at radius 1 is 1.26 bits per heavy atom. The van der Waals surface area contributed by atoms with Gasteiger partial charge in [-0.3, -0.25) is 9.98 Å². The number of hydrogen-bond acceptors (Lipinski definition) is 8. The van der Waals surface area contributed by atoms with Crippen LogP contribution in [-0.4, -0.2) is 51.9 Å². The number of halogens is 1. The highest BCUT2D eigenvalue weighted by atomic mass is 19.1. The van der Waals surface area contributed by atoms with Gasteiger partial charge >= 0.3 is 5.97 Å². The molecule has 1 aliphatic heterocycles. The van der Waals surface area contributed by atoms with Gasteiger partial charge in [-0.05, 0) is 56.2 Å². The van der Waals surface area contributed by atoms with E-state index in [0.717, 1.165) is 43.9 Å². The molecule has 0 amide bonds. The molecule has 0 aliphatic carbocycles. The van der Waals surface area contributed by atoms with E-state index in [1.165, 1.54) is 13.0 Å². The van der Waals surface area contributed by atoms with Gasteiger partial charge < -0.3 is 15.0 Å². The van der Waals surface area contributed by atoms with Crippen LogP contribution in [0.1, 0.15) is 41.3 Å². The van der Waals surface area contributed by atoms with Crippen molar-refractivity contribution in [3.05, 3.63) is 59.3 Å². The third-order valence-electron chi connectivity index (χ3n) is 6.44. The van der Waals surface area contributed by atoms with Crippen molar-refractivity contribution in [1.29, 1.82) is 0 Å². The van der Waals surface area contributed by atoms with E-state index in [0.29, 0.717) is 22.6 Å². The highest BCUT2D eigenvalue weighted by molar-refractivity contribution is 5.89. The Morgan fingerprint density at radius 2 is 1.94 bits per heavy atom. The average Bonchev–Trinajstić information content (AvgIpc) is 2.89. The molecule has 1 aliphatic rings. The highest BCUT2D eigenvalue weighted by Gasteiger charge is 2.26. The summed E-state index contributed by atoms with van der Waals surface area (Å²) in [5.41, 5.74) is 3.00. The Bertz CT molecular complexity index is 1240. The Labute approximate surface area is 203 Å². The zero-order valence-corrected chi connectivity index (χ0v) is 19.8. The molecule has 1 fully saturated rings. The van der Waals surface area contributed by atoms with E-state index in [2.05, 4.69) is 38.5 Å². The zero-order valence-electron chi connectivity index (χ0n) is 19.8. The van der Waals surface area contributed by atoms with E-state index in [-0.39, 0.29) is 17.2 Å². The summed E-state index contributed by atoms with van der Waals surface area (Å²) in [6, 6.07) is 4.52. The van der Waals surface area contributed by atoms with Crippen molar-refractivity contribution < 1.29 is 14.3 Å². The number of nitrogens with zero attached hydrogens (tertiary/aromatic N) is 6. The highest BCUT2D eigenvalue weighted by Crippen LogP contribution is 2.35. The molecule has 1 saturated heterocycles. The summed E-state index contributed by atoms with van der Waals surface area (Å²) >= 11 is 0. The number of carboxylic acid groups (broad SMARTS) is 1. The monoisotopic (exact) mass is 477 g/mol. The largest absolute Gasteiger partial charge is 0.478 e. The lowest BCUT2D eigenvalue weighted by atomic mass is 10.00. The van der Waals surface area contributed by atoms with Crippen LogP contribution in [-0.2, 0) is 6.42 Å². The van der Waals surface area contributed by atoms with Crippen LogP contribution in [0.2, 0.25) is 0 Å². The maximum absolute atomic E-state index is 14.5. The summed E-state index contributed by atoms with van der Waals surface area (Å²) < 4.78 is 14.5. The molecule has 1 aromatic carbocycles. The topological polar surface area (TPSA) is 121 Å². The normalized spacial score (nSPS) is 14.1. The summed E-state index contributed by atoms with van der Waals surface area (Å²) in [6.07, 6.45) is 7.83. The number of carboxylic acids is 1. The van der Waals surface area contributed by atoms with Crippen LogP contribution in [0.25, 0.3) is 11.3 Å². The number of hydrogen-bond donors (Lipinski definition) is 2. The van der Waals surface area contributed by atoms with Crippen LogP contribution >= 0.6 is 0 Å². The molecule has 0 saturated carbocycles. The summed E-state index contributed by atoms with van der Waals surface area (Å²) in [6.45, 7) is 8.78. The molecule has 0 spiro atoms. The number of benzene rings is 1. The Morgan fingerprint density at radius 3 is 2.54 bits per heavy atom. The standard InChI is InChI=1S/C25H28FN7O2/c1-4-16-12-30-25(31-13-16)32-9-7-17(8-10-32)33(27)22-14-29-20(11-21(22)28-3)18-5-6-19(24(34)35)23(26)15(18)2/h5-6,11-14,17H,3-4,7-10,27H2,1-2H3,(H,34,35). The van der Waals surface area contributed by atoms with Crippen LogP contribution in [0.5, 0.6) is 0 Å². The zero-order chi connectivity index (χ0) is 25.1. The average molecular weight is 478 g/mol. The molecule has 0 unspecified atom stereocenters. The maximum Gasteiger partial charge on any atom is 0.338 e. The number of piperidine rings is 1. The van der Waals surface area contributed by atoms with Crippen LogP contribution in [0.4, 0.5) is 21.7 Å². The molecule has 3 heterocycles. The van der Waals surface area contributed by atoms with Gasteiger partial charge in [-0.25, -0.2) is 25.0 Å². The van der Waals surface area contributed by atoms with E-state index >= 15 is 0 Å². The molecule has 0 bridgehead atoms. The number of carbonyl (C=O) groups is 1. The predicted octanol–water partition coefficient (Wildman–Crippen LogP) is 3.93. The minimum absolute atomic E-state index is 0.0587. The number of aryl methyl sites for hydroxylation is 1. The fourth-order valence-electron chi connectivity index (χ4n) is 4.27. The summed E-state index contributed by atoms with van der Waals surface area (Å²) in [7, 11) is 0. The van der Waals surface area contributed by atoms with E-state index in [1.807, 2.05) is 12.4 Å². The summed E-state index contributed by atoms with van der Waals surface area (Å²) in [5, 5.41) is 10.8. The van der Waals surface area contributed by atoms with Crippen LogP contribution in [0.15, 0.2) is 41.8 Å². The first-order valence-corrected chi connectivity index (χ1v) is 11.4. The molecule has 0 atom stereocenters. The number of anilines is 2. The number of nitrogens with two attached hydrogens (primary N) is 1. The number of aromatic nitrogens is 3. The molecule has 4 rings (SSSR count). The third-order valence-corrected chi connectivity index (χ3v) is 6.44. The first kappa shape index (κ1) is 24.2. The van der Waals surface area contributed by atoms with Crippen molar-refractivity contribution in [2.45, 2.75) is 39.2 Å². The molecule has 2 aromatic heterocycles. The first-order valence-electron chi connectivity index (χ1n) is 11.4. The van der Waals surface area contributed by atoms with Crippen molar-refractivity contribution in [2.24, 2.45) is 10.8 Å². The SMILES string of the molecule is C=Nc1cc(-c2ccc(C(=O)O)c(F)c2C)ncc1N(N)C1CCN(c2ncc(CC)cn2)CC1. The molecule has 10 heteroatoms. The van der Waals surface area contributed by atoms with Crippen LogP contribution in [0, 0.1) is 12.7 Å². The van der Waals surface area contributed by atoms with E-state index in [4.69, 9.17) is 10.9 Å². The molecule has 35 heavy (non-hydrogen) atoms. The smallest absolute Gasteiger partial charge is 0.338 e. The van der Waals surface area contributed by atoms with E-state index in [1.54, 1.807) is 23.3 Å². The summed E-state index contributed by atoms with van der Waals surface area (Å²) in [4.78, 5) is 30.9. The lowest BCUT2D eigenvalue weighted by Crippen LogP contribution is -2.48. The quantitative estimate of drug-likeness (QED) is 0.298. The van der Waals surface area contributed by atoms with Gasteiger partial charge in [0.1, 0.15) is 5.82 Å². The van der Waals surface area contributed by atoms with Gasteiger partial charge in [-0.2, -0.15) is 0 Å². The van der Waals surface area contributed by atoms with Crippen molar-refractivity contribution in [1.82, 2.24) is 15.0 Å². The van der Waals surface area contributed by atoms with Crippen molar-refractivity contribution in [3.63, 3.8) is 0 Å². The van der Waals surface area contributed by atoms with Gasteiger partial charge in [-0.1, -0.05) is 13.0 Å². The van der Waals surface area contributed by atoms with Gasteiger partial charge in [0.25, 0.3) is 0 Å². The maximum atomic E-state index is 14.5. The van der Waals surface area contributed by atoms with Gasteiger partial charge in [-0.15, -0.1) is 0 Å². The van der Waals surface area contributed by atoms with Crippen molar-refractivity contribution in [3.8, 4) is 11.3 Å². The number of aliphatic imine (C=N–C) groups is 1. The number of aromatic carboxylic acids is 1. The molecular formula is C25H28FN7O2. The fourth-order valence-corrected chi connectivity index (χ4v) is 4.27. The Hall–Kier alpha value is -3.92. The number of pyridine rings is 1. The van der Waals surface area contributed by atoms with Gasteiger partial charge in [0, 0.05) is 37.1 Å². The first-order chi connectivity index (χ1) is 16.8. The molecular weight excluding hydrogens is 449 g/mol. The number of hydrazine groups is 1. The Balaban J connectivity index is 1.51. The minimum atomic E-state index is -1.32.